The average Bonchev–Trinajstić information content (AvgIpc) is 2.61. The van der Waals surface area contributed by atoms with Gasteiger partial charge in [0.2, 0.25) is 0 Å². The van der Waals surface area contributed by atoms with E-state index in [-0.39, 0.29) is 17.1 Å². The zero-order valence-corrected chi connectivity index (χ0v) is 15.5. The van der Waals surface area contributed by atoms with Gasteiger partial charge in [-0.1, -0.05) is 35.9 Å². The van der Waals surface area contributed by atoms with Crippen LogP contribution in [0.25, 0.3) is 0 Å². The molecule has 1 N–H and O–H groups in total. The first-order chi connectivity index (χ1) is 12.3. The fraction of sp³-hybridized carbons (Fsp3) is 0.263. The van der Waals surface area contributed by atoms with Crippen LogP contribution in [-0.2, 0) is 24.2 Å². The van der Waals surface area contributed by atoms with E-state index in [0.29, 0.717) is 5.69 Å². The summed E-state index contributed by atoms with van der Waals surface area (Å²) in [6.07, 6.45) is -1.34. The molecule has 1 atom stereocenters. The number of carbonyl (C=O) groups is 2. The second-order valence-corrected chi connectivity index (χ2v) is 7.98. The van der Waals surface area contributed by atoms with Crippen LogP contribution in [0.3, 0.4) is 0 Å². The number of hydrogen-bond donors (Lipinski definition) is 1. The van der Waals surface area contributed by atoms with Crippen molar-refractivity contribution in [2.45, 2.75) is 31.3 Å². The van der Waals surface area contributed by atoms with Gasteiger partial charge in [0.1, 0.15) is 0 Å². The molecular formula is C19H21NO5S. The third kappa shape index (κ3) is 5.70. The van der Waals surface area contributed by atoms with Gasteiger partial charge in [-0.15, -0.1) is 0 Å². The van der Waals surface area contributed by atoms with Crippen molar-refractivity contribution in [3.05, 3.63) is 60.2 Å². The smallest absolute Gasteiger partial charge is 0.307 e. The van der Waals surface area contributed by atoms with E-state index >= 15 is 0 Å². The number of nitrogens with one attached hydrogen (secondary N) is 1. The van der Waals surface area contributed by atoms with Crippen molar-refractivity contribution in [3.63, 3.8) is 0 Å². The molecule has 138 valence electrons. The summed E-state index contributed by atoms with van der Waals surface area (Å²) in [7, 11) is -3.58. The summed E-state index contributed by atoms with van der Waals surface area (Å²) in [6.45, 7) is 3.29. The Labute approximate surface area is 153 Å². The summed E-state index contributed by atoms with van der Waals surface area (Å²) >= 11 is 0. The number of benzene rings is 2. The number of anilines is 1. The number of esters is 1. The molecule has 26 heavy (non-hydrogen) atoms. The predicted molar refractivity (Wildman–Crippen MR) is 98.5 cm³/mol. The Morgan fingerprint density at radius 1 is 1.04 bits per heavy atom. The molecule has 0 saturated heterocycles. The molecule has 6 nitrogen and oxygen atoms in total. The minimum Gasteiger partial charge on any atom is -0.453 e. The molecule has 0 saturated carbocycles. The molecule has 0 aromatic heterocycles. The third-order valence-corrected chi connectivity index (χ3v) is 5.41. The van der Waals surface area contributed by atoms with Crippen LogP contribution >= 0.6 is 0 Å². The van der Waals surface area contributed by atoms with Crippen LogP contribution in [0, 0.1) is 6.92 Å². The van der Waals surface area contributed by atoms with E-state index in [1.165, 1.54) is 19.1 Å². The number of para-hydroxylation sites is 1. The molecule has 2 rings (SSSR count). The average molecular weight is 375 g/mol. The van der Waals surface area contributed by atoms with Crippen LogP contribution in [0.4, 0.5) is 5.69 Å². The summed E-state index contributed by atoms with van der Waals surface area (Å²) < 4.78 is 29.5. The maximum atomic E-state index is 12.2. The van der Waals surface area contributed by atoms with E-state index in [4.69, 9.17) is 4.74 Å². The first-order valence-electron chi connectivity index (χ1n) is 8.13. The van der Waals surface area contributed by atoms with Gasteiger partial charge in [0.05, 0.1) is 17.1 Å². The molecule has 0 aliphatic carbocycles. The van der Waals surface area contributed by atoms with Crippen LogP contribution in [0.15, 0.2) is 59.5 Å². The van der Waals surface area contributed by atoms with Gasteiger partial charge in [-0.2, -0.15) is 0 Å². The van der Waals surface area contributed by atoms with Crippen molar-refractivity contribution in [2.75, 3.05) is 11.1 Å². The van der Waals surface area contributed by atoms with E-state index in [1.807, 2.05) is 13.0 Å². The van der Waals surface area contributed by atoms with E-state index < -0.39 is 27.8 Å². The van der Waals surface area contributed by atoms with Gasteiger partial charge in [-0.3, -0.25) is 9.59 Å². The summed E-state index contributed by atoms with van der Waals surface area (Å²) in [5, 5.41) is 2.62. The van der Waals surface area contributed by atoms with E-state index in [0.717, 1.165) is 5.56 Å². The van der Waals surface area contributed by atoms with Crippen molar-refractivity contribution < 1.29 is 22.7 Å². The quantitative estimate of drug-likeness (QED) is 0.752. The van der Waals surface area contributed by atoms with Gasteiger partial charge in [0, 0.05) is 5.69 Å². The highest BCUT2D eigenvalue weighted by molar-refractivity contribution is 7.91. The molecule has 1 amide bonds. The van der Waals surface area contributed by atoms with Crippen molar-refractivity contribution in [1.29, 1.82) is 0 Å². The third-order valence-electron chi connectivity index (χ3n) is 3.67. The molecule has 0 spiro atoms. The summed E-state index contributed by atoms with van der Waals surface area (Å²) in [5.41, 5.74) is 1.53. The molecule has 0 unspecified atom stereocenters. The van der Waals surface area contributed by atoms with Crippen molar-refractivity contribution in [2.24, 2.45) is 0 Å². The molecule has 0 bridgehead atoms. The zero-order chi connectivity index (χ0) is 19.2. The predicted octanol–water partition coefficient (Wildman–Crippen LogP) is 2.73. The Morgan fingerprint density at radius 2 is 1.65 bits per heavy atom. The first kappa shape index (κ1) is 19.7. The topological polar surface area (TPSA) is 89.5 Å². The highest BCUT2D eigenvalue weighted by Crippen LogP contribution is 2.14. The van der Waals surface area contributed by atoms with Crippen LogP contribution in [0.1, 0.15) is 18.9 Å². The van der Waals surface area contributed by atoms with Gasteiger partial charge in [-0.25, -0.2) is 8.42 Å². The standard InChI is InChI=1S/C19H21NO5S/c1-14-8-10-17(11-9-14)26(23,24)13-12-18(21)25-15(2)19(22)20-16-6-4-3-5-7-16/h3-11,15H,12-13H2,1-2H3,(H,20,22)/t15-/m0/s1. The number of sulfone groups is 1. The molecule has 0 heterocycles. The molecule has 0 radical (unpaired) electrons. The second kappa shape index (κ2) is 8.62. The molecule has 0 aliphatic heterocycles. The zero-order valence-electron chi connectivity index (χ0n) is 14.6. The second-order valence-electron chi connectivity index (χ2n) is 5.87. The minimum atomic E-state index is -3.58. The van der Waals surface area contributed by atoms with Gasteiger partial charge in [0.25, 0.3) is 5.91 Å². The Hall–Kier alpha value is -2.67. The lowest BCUT2D eigenvalue weighted by Crippen LogP contribution is -2.30. The van der Waals surface area contributed by atoms with Crippen LogP contribution in [0.5, 0.6) is 0 Å². The Bertz CT molecular complexity index is 861. The maximum Gasteiger partial charge on any atom is 0.307 e. The lowest BCUT2D eigenvalue weighted by Gasteiger charge is -2.13. The Morgan fingerprint density at radius 3 is 2.27 bits per heavy atom. The van der Waals surface area contributed by atoms with E-state index in [9.17, 15) is 18.0 Å². The number of hydrogen-bond acceptors (Lipinski definition) is 5. The first-order valence-corrected chi connectivity index (χ1v) is 9.78. The molecule has 0 aliphatic rings. The molecular weight excluding hydrogens is 354 g/mol. The number of aryl methyl sites for hydroxylation is 1. The Kier molecular flexibility index (Phi) is 6.52. The van der Waals surface area contributed by atoms with Crippen molar-refractivity contribution in [3.8, 4) is 0 Å². The monoisotopic (exact) mass is 375 g/mol. The van der Waals surface area contributed by atoms with Crippen LogP contribution < -0.4 is 5.32 Å². The summed E-state index contributed by atoms with van der Waals surface area (Å²) in [6, 6.07) is 15.2. The number of amides is 1. The van der Waals surface area contributed by atoms with Gasteiger partial charge in [0.15, 0.2) is 15.9 Å². The highest BCUT2D eigenvalue weighted by atomic mass is 32.2. The van der Waals surface area contributed by atoms with Gasteiger partial charge >= 0.3 is 5.97 Å². The van der Waals surface area contributed by atoms with E-state index in [2.05, 4.69) is 5.32 Å². The fourth-order valence-electron chi connectivity index (χ4n) is 2.16. The highest BCUT2D eigenvalue weighted by Gasteiger charge is 2.21. The molecule has 2 aromatic carbocycles. The minimum absolute atomic E-state index is 0.158. The molecule has 2 aromatic rings. The summed E-state index contributed by atoms with van der Waals surface area (Å²) in [5.74, 6) is -1.59. The number of rotatable bonds is 7. The van der Waals surface area contributed by atoms with Crippen molar-refractivity contribution in [1.82, 2.24) is 0 Å². The lowest BCUT2D eigenvalue weighted by molar-refractivity contribution is -0.152. The molecule has 7 heteroatoms. The lowest BCUT2D eigenvalue weighted by atomic mass is 10.2. The maximum absolute atomic E-state index is 12.2. The van der Waals surface area contributed by atoms with Gasteiger partial charge in [-0.05, 0) is 38.1 Å². The normalized spacial score (nSPS) is 12.2. The number of ether oxygens (including phenoxy) is 1. The largest absolute Gasteiger partial charge is 0.453 e. The SMILES string of the molecule is Cc1ccc(S(=O)(=O)CCC(=O)O[C@@H](C)C(=O)Nc2ccccc2)cc1. The van der Waals surface area contributed by atoms with E-state index in [1.54, 1.807) is 36.4 Å². The number of carbonyl (C=O) groups excluding carboxylic acids is 2. The fourth-order valence-corrected chi connectivity index (χ4v) is 3.38. The molecule has 0 fully saturated rings. The van der Waals surface area contributed by atoms with Crippen LogP contribution in [0.2, 0.25) is 0 Å². The van der Waals surface area contributed by atoms with Crippen LogP contribution in [-0.4, -0.2) is 32.2 Å². The summed E-state index contributed by atoms with van der Waals surface area (Å²) in [4.78, 5) is 24.0. The Balaban J connectivity index is 1.85. The van der Waals surface area contributed by atoms with Gasteiger partial charge < -0.3 is 10.1 Å². The van der Waals surface area contributed by atoms with Crippen molar-refractivity contribution >= 4 is 27.4 Å².